The van der Waals surface area contributed by atoms with Gasteiger partial charge in [-0.15, -0.1) is 0 Å². The quantitative estimate of drug-likeness (QED) is 0.711. The van der Waals surface area contributed by atoms with Gasteiger partial charge in [0.1, 0.15) is 5.75 Å². The SMILES string of the molecule is NC(=O)c1ccccc1O.[Pb]. The normalized spacial score (nSPS) is 8.36. The minimum absolute atomic E-state index is 0. The van der Waals surface area contributed by atoms with Crippen LogP contribution in [0.15, 0.2) is 24.3 Å². The van der Waals surface area contributed by atoms with Gasteiger partial charge in [-0.25, -0.2) is 0 Å². The molecule has 4 radical (unpaired) electrons. The fourth-order valence-electron chi connectivity index (χ4n) is 0.682. The summed E-state index contributed by atoms with van der Waals surface area (Å²) in [5, 5.41) is 8.98. The van der Waals surface area contributed by atoms with E-state index < -0.39 is 5.91 Å². The molecule has 0 saturated heterocycles. The number of nitrogens with two attached hydrogens (primary N) is 1. The Kier molecular flexibility index (Phi) is 4.09. The van der Waals surface area contributed by atoms with Crippen molar-refractivity contribution in [3.05, 3.63) is 29.8 Å². The van der Waals surface area contributed by atoms with E-state index in [4.69, 9.17) is 10.8 Å². The number of phenols is 1. The maximum atomic E-state index is 10.5. The van der Waals surface area contributed by atoms with E-state index in [-0.39, 0.29) is 38.6 Å². The van der Waals surface area contributed by atoms with Crippen molar-refractivity contribution >= 4 is 33.2 Å². The van der Waals surface area contributed by atoms with Crippen LogP contribution in [0, 0.1) is 0 Å². The molecule has 0 aliphatic carbocycles. The third-order valence-electron chi connectivity index (χ3n) is 1.17. The first kappa shape index (κ1) is 10.4. The van der Waals surface area contributed by atoms with Crippen LogP contribution in [0.3, 0.4) is 0 Å². The van der Waals surface area contributed by atoms with E-state index in [0.29, 0.717) is 0 Å². The second-order valence-corrected chi connectivity index (χ2v) is 1.88. The Hall–Kier alpha value is -0.588. The molecule has 0 aliphatic heterocycles. The maximum Gasteiger partial charge on any atom is 0.252 e. The number of amides is 1. The van der Waals surface area contributed by atoms with Gasteiger partial charge in [0.2, 0.25) is 0 Å². The molecule has 0 spiro atoms. The standard InChI is InChI=1S/C7H7NO2.Pb/c8-7(10)5-3-1-2-4-6(5)9;/h1-4,9H,(H2,8,10);. The fourth-order valence-corrected chi connectivity index (χ4v) is 0.682. The summed E-state index contributed by atoms with van der Waals surface area (Å²) in [5.74, 6) is -0.687. The first-order valence-corrected chi connectivity index (χ1v) is 2.79. The molecule has 11 heavy (non-hydrogen) atoms. The zero-order valence-corrected chi connectivity index (χ0v) is 9.63. The molecular formula is C7H7NO2Pb. The van der Waals surface area contributed by atoms with Crippen LogP contribution < -0.4 is 5.73 Å². The van der Waals surface area contributed by atoms with Gasteiger partial charge < -0.3 is 10.8 Å². The van der Waals surface area contributed by atoms with Gasteiger partial charge in [0.05, 0.1) is 5.56 Å². The van der Waals surface area contributed by atoms with E-state index >= 15 is 0 Å². The summed E-state index contributed by atoms with van der Waals surface area (Å²) in [6.07, 6.45) is 0. The first-order chi connectivity index (χ1) is 4.72. The van der Waals surface area contributed by atoms with Gasteiger partial charge in [0.25, 0.3) is 5.91 Å². The molecule has 0 aliphatic rings. The molecule has 1 aromatic rings. The number of aromatic hydroxyl groups is 1. The van der Waals surface area contributed by atoms with Crippen molar-refractivity contribution in [3.63, 3.8) is 0 Å². The molecule has 0 aromatic heterocycles. The number of primary amides is 1. The molecule has 4 heteroatoms. The maximum absolute atomic E-state index is 10.5. The molecule has 0 atom stereocenters. The third kappa shape index (κ3) is 2.49. The van der Waals surface area contributed by atoms with Crippen molar-refractivity contribution in [2.24, 2.45) is 5.73 Å². The minimum atomic E-state index is -0.613. The first-order valence-electron chi connectivity index (χ1n) is 2.79. The molecule has 1 aromatic carbocycles. The Labute approximate surface area is 84.4 Å². The van der Waals surface area contributed by atoms with Crippen molar-refractivity contribution < 1.29 is 9.90 Å². The molecule has 56 valence electrons. The Morgan fingerprint density at radius 1 is 1.36 bits per heavy atom. The average molecular weight is 344 g/mol. The number of hydrogen-bond acceptors (Lipinski definition) is 2. The number of para-hydroxylation sites is 1. The smallest absolute Gasteiger partial charge is 0.252 e. The Balaban J connectivity index is 0.000001000. The predicted molar refractivity (Wildman–Crippen MR) is 42.4 cm³/mol. The second kappa shape index (κ2) is 4.32. The zero-order valence-electron chi connectivity index (χ0n) is 5.74. The summed E-state index contributed by atoms with van der Waals surface area (Å²) in [5.41, 5.74) is 5.07. The van der Waals surface area contributed by atoms with Gasteiger partial charge in [-0.1, -0.05) is 12.1 Å². The zero-order chi connectivity index (χ0) is 7.56. The van der Waals surface area contributed by atoms with Crippen LogP contribution in [0.4, 0.5) is 0 Å². The summed E-state index contributed by atoms with van der Waals surface area (Å²) < 4.78 is 0. The van der Waals surface area contributed by atoms with Crippen LogP contribution in [-0.2, 0) is 0 Å². The summed E-state index contributed by atoms with van der Waals surface area (Å²) in [7, 11) is 0. The average Bonchev–Trinajstić information content (AvgIpc) is 1.88. The van der Waals surface area contributed by atoms with Crippen molar-refractivity contribution in [3.8, 4) is 5.75 Å². The van der Waals surface area contributed by atoms with Crippen LogP contribution in [-0.4, -0.2) is 38.3 Å². The summed E-state index contributed by atoms with van der Waals surface area (Å²) in [6, 6.07) is 6.15. The van der Waals surface area contributed by atoms with E-state index in [1.807, 2.05) is 0 Å². The molecule has 0 unspecified atom stereocenters. The number of hydrogen-bond donors (Lipinski definition) is 2. The fraction of sp³-hybridized carbons (Fsp3) is 0. The van der Waals surface area contributed by atoms with Crippen LogP contribution in [0.2, 0.25) is 0 Å². The van der Waals surface area contributed by atoms with Crippen LogP contribution in [0.25, 0.3) is 0 Å². The molecule has 3 N–H and O–H groups in total. The molecule has 1 rings (SSSR count). The van der Waals surface area contributed by atoms with Crippen molar-refractivity contribution in [1.82, 2.24) is 0 Å². The van der Waals surface area contributed by atoms with Crippen LogP contribution in [0.5, 0.6) is 5.75 Å². The van der Waals surface area contributed by atoms with Crippen LogP contribution >= 0.6 is 0 Å². The van der Waals surface area contributed by atoms with Gasteiger partial charge in [0, 0.05) is 27.3 Å². The van der Waals surface area contributed by atoms with E-state index in [0.717, 1.165) is 0 Å². The van der Waals surface area contributed by atoms with Crippen molar-refractivity contribution in [2.75, 3.05) is 0 Å². The number of rotatable bonds is 1. The van der Waals surface area contributed by atoms with E-state index in [2.05, 4.69) is 0 Å². The van der Waals surface area contributed by atoms with Gasteiger partial charge in [-0.05, 0) is 12.1 Å². The van der Waals surface area contributed by atoms with Crippen molar-refractivity contribution in [1.29, 1.82) is 0 Å². The number of carbonyl (C=O) groups excluding carboxylic acids is 1. The summed E-state index contributed by atoms with van der Waals surface area (Å²) in [6.45, 7) is 0. The summed E-state index contributed by atoms with van der Waals surface area (Å²) in [4.78, 5) is 10.5. The molecule has 0 bridgehead atoms. The Morgan fingerprint density at radius 3 is 2.27 bits per heavy atom. The minimum Gasteiger partial charge on any atom is -0.507 e. The van der Waals surface area contributed by atoms with Crippen molar-refractivity contribution in [2.45, 2.75) is 0 Å². The Morgan fingerprint density at radius 2 is 1.91 bits per heavy atom. The molecule has 3 nitrogen and oxygen atoms in total. The third-order valence-corrected chi connectivity index (χ3v) is 1.17. The van der Waals surface area contributed by atoms with Gasteiger partial charge >= 0.3 is 0 Å². The molecule has 0 saturated carbocycles. The molecule has 0 heterocycles. The van der Waals surface area contributed by atoms with Gasteiger partial charge in [0.15, 0.2) is 0 Å². The predicted octanol–water partition coefficient (Wildman–Crippen LogP) is 0.110. The summed E-state index contributed by atoms with van der Waals surface area (Å²) >= 11 is 0. The van der Waals surface area contributed by atoms with E-state index in [9.17, 15) is 4.79 Å². The second-order valence-electron chi connectivity index (χ2n) is 1.88. The monoisotopic (exact) mass is 345 g/mol. The van der Waals surface area contributed by atoms with Gasteiger partial charge in [-0.2, -0.15) is 0 Å². The molecular weight excluding hydrogens is 337 g/mol. The molecule has 0 fully saturated rings. The van der Waals surface area contributed by atoms with Crippen LogP contribution in [0.1, 0.15) is 10.4 Å². The van der Waals surface area contributed by atoms with Gasteiger partial charge in [-0.3, -0.25) is 4.79 Å². The van der Waals surface area contributed by atoms with E-state index in [1.54, 1.807) is 12.1 Å². The van der Waals surface area contributed by atoms with E-state index in [1.165, 1.54) is 12.1 Å². The topological polar surface area (TPSA) is 63.3 Å². The number of benzene rings is 1. The number of carbonyl (C=O) groups is 1. The Bertz CT molecular complexity index is 262. The molecule has 1 amide bonds. The largest absolute Gasteiger partial charge is 0.507 e.